The van der Waals surface area contributed by atoms with Gasteiger partial charge in [0.2, 0.25) is 0 Å². The van der Waals surface area contributed by atoms with Crippen LogP contribution in [0.25, 0.3) is 0 Å². The lowest BCUT2D eigenvalue weighted by Gasteiger charge is -2.27. The van der Waals surface area contributed by atoms with Gasteiger partial charge in [0.25, 0.3) is 0 Å². The van der Waals surface area contributed by atoms with Gasteiger partial charge in [-0.15, -0.1) is 0 Å². The van der Waals surface area contributed by atoms with E-state index in [9.17, 15) is 0 Å². The van der Waals surface area contributed by atoms with Crippen LogP contribution in [-0.2, 0) is 13.1 Å². The van der Waals surface area contributed by atoms with Crippen LogP contribution in [0.2, 0.25) is 0 Å². The summed E-state index contributed by atoms with van der Waals surface area (Å²) in [6.07, 6.45) is 7.82. The third-order valence-corrected chi connectivity index (χ3v) is 3.91. The Morgan fingerprint density at radius 2 is 2.35 bits per heavy atom. The normalized spacial score (nSPS) is 19.4. The average Bonchev–Trinajstić information content (AvgIpc) is 3.02. The highest BCUT2D eigenvalue weighted by Gasteiger charge is 2.19. The Balaban J connectivity index is 1.96. The fourth-order valence-electron chi connectivity index (χ4n) is 3.10. The third-order valence-electron chi connectivity index (χ3n) is 3.91. The molecule has 0 radical (unpaired) electrons. The Kier molecular flexibility index (Phi) is 6.05. The molecule has 1 aromatic rings. The zero-order chi connectivity index (χ0) is 14.4. The van der Waals surface area contributed by atoms with Crippen LogP contribution in [0.5, 0.6) is 0 Å². The van der Waals surface area contributed by atoms with Crippen molar-refractivity contribution >= 4 is 0 Å². The first-order valence-corrected chi connectivity index (χ1v) is 8.13. The predicted molar refractivity (Wildman–Crippen MR) is 83.7 cm³/mol. The molecule has 0 aromatic carbocycles. The Hall–Kier alpha value is -0.870. The molecule has 0 saturated carbocycles. The minimum absolute atomic E-state index is 0.677. The highest BCUT2D eigenvalue weighted by molar-refractivity contribution is 4.99. The molecule has 20 heavy (non-hydrogen) atoms. The molecule has 1 aliphatic heterocycles. The minimum atomic E-state index is 0.677. The summed E-state index contributed by atoms with van der Waals surface area (Å²) in [7, 11) is 0. The molecule has 4 nitrogen and oxygen atoms in total. The zero-order valence-corrected chi connectivity index (χ0v) is 13.3. The summed E-state index contributed by atoms with van der Waals surface area (Å²) < 4.78 is 2.30. The van der Waals surface area contributed by atoms with Crippen molar-refractivity contribution in [2.24, 2.45) is 5.92 Å². The van der Waals surface area contributed by atoms with Gasteiger partial charge in [-0.1, -0.05) is 20.8 Å². The monoisotopic (exact) mass is 278 g/mol. The van der Waals surface area contributed by atoms with E-state index in [0.29, 0.717) is 12.0 Å². The molecule has 1 fully saturated rings. The first-order chi connectivity index (χ1) is 9.69. The smallest absolute Gasteiger partial charge is 0.0948 e. The zero-order valence-electron chi connectivity index (χ0n) is 13.3. The van der Waals surface area contributed by atoms with E-state index in [2.05, 4.69) is 40.5 Å². The summed E-state index contributed by atoms with van der Waals surface area (Å²) in [5.41, 5.74) is 1.35. The molecular formula is C16H30N4. The van der Waals surface area contributed by atoms with E-state index in [4.69, 9.17) is 0 Å². The van der Waals surface area contributed by atoms with Crippen LogP contribution in [-0.4, -0.2) is 40.1 Å². The minimum Gasteiger partial charge on any atom is -0.333 e. The molecule has 0 spiro atoms. The maximum atomic E-state index is 4.33. The lowest BCUT2D eigenvalue weighted by Crippen LogP contribution is -2.39. The molecule has 1 unspecified atom stereocenters. The number of imidazole rings is 1. The SMILES string of the molecule is CCCn1cncc1CN(CC(C)C)CC1CCCN1. The van der Waals surface area contributed by atoms with Gasteiger partial charge in [0.05, 0.1) is 12.0 Å². The van der Waals surface area contributed by atoms with Crippen molar-refractivity contribution in [1.29, 1.82) is 0 Å². The number of nitrogens with zero attached hydrogens (tertiary/aromatic N) is 3. The third kappa shape index (κ3) is 4.60. The fraction of sp³-hybridized carbons (Fsp3) is 0.812. The van der Waals surface area contributed by atoms with Gasteiger partial charge in [0, 0.05) is 38.4 Å². The van der Waals surface area contributed by atoms with Crippen molar-refractivity contribution in [2.45, 2.75) is 59.2 Å². The van der Waals surface area contributed by atoms with Gasteiger partial charge >= 0.3 is 0 Å². The van der Waals surface area contributed by atoms with Crippen LogP contribution >= 0.6 is 0 Å². The molecule has 1 N–H and O–H groups in total. The van der Waals surface area contributed by atoms with Gasteiger partial charge < -0.3 is 9.88 Å². The van der Waals surface area contributed by atoms with Crippen molar-refractivity contribution in [3.63, 3.8) is 0 Å². The molecular weight excluding hydrogens is 248 g/mol. The summed E-state index contributed by atoms with van der Waals surface area (Å²) in [6, 6.07) is 0.677. The number of aromatic nitrogens is 2. The number of rotatable bonds is 8. The Morgan fingerprint density at radius 3 is 3.00 bits per heavy atom. The Morgan fingerprint density at radius 1 is 1.50 bits per heavy atom. The number of hydrogen-bond donors (Lipinski definition) is 1. The molecule has 1 aromatic heterocycles. The number of hydrogen-bond acceptors (Lipinski definition) is 3. The van der Waals surface area contributed by atoms with Crippen LogP contribution in [0.3, 0.4) is 0 Å². The Bertz CT molecular complexity index is 380. The van der Waals surface area contributed by atoms with Gasteiger partial charge in [-0.25, -0.2) is 4.98 Å². The maximum Gasteiger partial charge on any atom is 0.0948 e. The largest absolute Gasteiger partial charge is 0.333 e. The lowest BCUT2D eigenvalue weighted by molar-refractivity contribution is 0.211. The van der Waals surface area contributed by atoms with E-state index in [1.807, 2.05) is 12.5 Å². The second-order valence-electron chi connectivity index (χ2n) is 6.46. The summed E-state index contributed by atoms with van der Waals surface area (Å²) in [4.78, 5) is 6.92. The molecule has 0 amide bonds. The van der Waals surface area contributed by atoms with Gasteiger partial charge in [0.15, 0.2) is 0 Å². The fourth-order valence-corrected chi connectivity index (χ4v) is 3.10. The molecule has 1 aliphatic rings. The summed E-state index contributed by atoms with van der Waals surface area (Å²) in [6.45, 7) is 12.4. The van der Waals surface area contributed by atoms with E-state index >= 15 is 0 Å². The van der Waals surface area contributed by atoms with Gasteiger partial charge in [-0.2, -0.15) is 0 Å². The molecule has 0 aliphatic carbocycles. The van der Waals surface area contributed by atoms with E-state index in [0.717, 1.165) is 32.6 Å². The molecule has 0 bridgehead atoms. The molecule has 1 atom stereocenters. The first kappa shape index (κ1) is 15.5. The van der Waals surface area contributed by atoms with E-state index < -0.39 is 0 Å². The average molecular weight is 278 g/mol. The van der Waals surface area contributed by atoms with Crippen LogP contribution < -0.4 is 5.32 Å². The van der Waals surface area contributed by atoms with E-state index in [-0.39, 0.29) is 0 Å². The molecule has 1 saturated heterocycles. The standard InChI is InChI=1S/C16H30N4/c1-4-8-20-13-17-9-16(20)12-19(10-14(2)3)11-15-6-5-7-18-15/h9,13-15,18H,4-8,10-12H2,1-3H3. The molecule has 2 rings (SSSR count). The second kappa shape index (κ2) is 7.79. The molecule has 2 heterocycles. The molecule has 4 heteroatoms. The van der Waals surface area contributed by atoms with E-state index in [1.165, 1.54) is 25.1 Å². The Labute approximate surface area is 123 Å². The van der Waals surface area contributed by atoms with Crippen molar-refractivity contribution in [3.05, 3.63) is 18.2 Å². The second-order valence-corrected chi connectivity index (χ2v) is 6.46. The summed E-state index contributed by atoms with van der Waals surface area (Å²) in [5.74, 6) is 0.707. The summed E-state index contributed by atoms with van der Waals surface area (Å²) >= 11 is 0. The van der Waals surface area contributed by atoms with Crippen LogP contribution in [0.4, 0.5) is 0 Å². The first-order valence-electron chi connectivity index (χ1n) is 8.13. The quantitative estimate of drug-likeness (QED) is 0.793. The maximum absolute atomic E-state index is 4.33. The van der Waals surface area contributed by atoms with Crippen molar-refractivity contribution in [2.75, 3.05) is 19.6 Å². The highest BCUT2D eigenvalue weighted by atomic mass is 15.2. The van der Waals surface area contributed by atoms with Gasteiger partial charge in [-0.3, -0.25) is 4.90 Å². The van der Waals surface area contributed by atoms with Gasteiger partial charge in [0.1, 0.15) is 0 Å². The van der Waals surface area contributed by atoms with Crippen molar-refractivity contribution in [1.82, 2.24) is 19.8 Å². The van der Waals surface area contributed by atoms with Crippen molar-refractivity contribution in [3.8, 4) is 0 Å². The number of aryl methyl sites for hydroxylation is 1. The topological polar surface area (TPSA) is 33.1 Å². The van der Waals surface area contributed by atoms with E-state index in [1.54, 1.807) is 0 Å². The summed E-state index contributed by atoms with van der Waals surface area (Å²) in [5, 5.41) is 3.62. The predicted octanol–water partition coefficient (Wildman–Crippen LogP) is 2.50. The molecule has 114 valence electrons. The van der Waals surface area contributed by atoms with Crippen LogP contribution in [0.1, 0.15) is 45.7 Å². The van der Waals surface area contributed by atoms with Gasteiger partial charge in [-0.05, 0) is 31.7 Å². The van der Waals surface area contributed by atoms with Crippen LogP contribution in [0.15, 0.2) is 12.5 Å². The highest BCUT2D eigenvalue weighted by Crippen LogP contribution is 2.12. The number of nitrogens with one attached hydrogen (secondary N) is 1. The van der Waals surface area contributed by atoms with Crippen molar-refractivity contribution < 1.29 is 0 Å². The van der Waals surface area contributed by atoms with Crippen LogP contribution in [0, 0.1) is 5.92 Å². The lowest BCUT2D eigenvalue weighted by atomic mass is 10.1.